The Labute approximate surface area is 133 Å². The van der Waals surface area contributed by atoms with Crippen LogP contribution in [-0.2, 0) is 4.74 Å². The predicted octanol–water partition coefficient (Wildman–Crippen LogP) is 5.31. The summed E-state index contributed by atoms with van der Waals surface area (Å²) in [6, 6.07) is 0.554. The number of likely N-dealkylation sites (N-methyl/N-ethyl adjacent to an activating group) is 1. The Hall–Kier alpha value is -0.0800. The van der Waals surface area contributed by atoms with Gasteiger partial charge in [-0.25, -0.2) is 0 Å². The van der Waals surface area contributed by atoms with Crippen LogP contribution in [0, 0.1) is 5.92 Å². The molecule has 0 amide bonds. The van der Waals surface area contributed by atoms with Gasteiger partial charge in [0.2, 0.25) is 0 Å². The lowest BCUT2D eigenvalue weighted by Crippen LogP contribution is -2.40. The van der Waals surface area contributed by atoms with Gasteiger partial charge in [0.1, 0.15) is 0 Å². The van der Waals surface area contributed by atoms with Gasteiger partial charge in [0.25, 0.3) is 0 Å². The van der Waals surface area contributed by atoms with Crippen LogP contribution in [0.3, 0.4) is 0 Å². The largest absolute Gasteiger partial charge is 0.376 e. The number of hydrogen-bond acceptors (Lipinski definition) is 2. The van der Waals surface area contributed by atoms with Gasteiger partial charge in [-0.05, 0) is 32.2 Å². The molecule has 1 aliphatic rings. The number of nitrogens with one attached hydrogen (secondary N) is 1. The highest BCUT2D eigenvalue weighted by Gasteiger charge is 2.21. The van der Waals surface area contributed by atoms with E-state index in [0.29, 0.717) is 18.1 Å². The molecule has 126 valence electrons. The summed E-state index contributed by atoms with van der Waals surface area (Å²) in [7, 11) is 2.11. The van der Waals surface area contributed by atoms with Gasteiger partial charge in [-0.2, -0.15) is 0 Å². The van der Waals surface area contributed by atoms with Gasteiger partial charge in [-0.3, -0.25) is 0 Å². The summed E-state index contributed by atoms with van der Waals surface area (Å²) in [6.45, 7) is 5.53. The second-order valence-corrected chi connectivity index (χ2v) is 7.07. The fourth-order valence-electron chi connectivity index (χ4n) is 3.55. The second kappa shape index (κ2) is 12.5. The van der Waals surface area contributed by atoms with E-state index < -0.39 is 0 Å². The van der Waals surface area contributed by atoms with Crippen LogP contribution in [0.4, 0.5) is 0 Å². The Morgan fingerprint density at radius 1 is 0.952 bits per heavy atom. The van der Waals surface area contributed by atoms with Gasteiger partial charge in [0.15, 0.2) is 0 Å². The van der Waals surface area contributed by atoms with Crippen LogP contribution in [0.2, 0.25) is 0 Å². The molecule has 0 aliphatic heterocycles. The molecule has 0 bridgehead atoms. The first-order valence-electron chi connectivity index (χ1n) is 9.56. The van der Waals surface area contributed by atoms with Crippen molar-refractivity contribution in [2.24, 2.45) is 5.92 Å². The van der Waals surface area contributed by atoms with Gasteiger partial charge in [-0.1, -0.05) is 71.6 Å². The van der Waals surface area contributed by atoms with E-state index in [2.05, 4.69) is 26.2 Å². The topological polar surface area (TPSA) is 21.3 Å². The first kappa shape index (κ1) is 19.0. The van der Waals surface area contributed by atoms with Gasteiger partial charge < -0.3 is 10.1 Å². The van der Waals surface area contributed by atoms with Crippen molar-refractivity contribution in [3.05, 3.63) is 0 Å². The lowest BCUT2D eigenvalue weighted by Gasteiger charge is -2.29. The van der Waals surface area contributed by atoms with E-state index in [9.17, 15) is 0 Å². The Balaban J connectivity index is 2.45. The Bertz CT molecular complexity index is 232. The highest BCUT2D eigenvalue weighted by atomic mass is 16.5. The normalized spacial score (nSPS) is 27.6. The van der Waals surface area contributed by atoms with Crippen molar-refractivity contribution in [1.29, 1.82) is 0 Å². The summed E-state index contributed by atoms with van der Waals surface area (Å²) < 4.78 is 6.34. The summed E-state index contributed by atoms with van der Waals surface area (Å²) in [6.07, 6.45) is 16.7. The van der Waals surface area contributed by atoms with Crippen LogP contribution in [0.1, 0.15) is 90.9 Å². The maximum Gasteiger partial charge on any atom is 0.0728 e. The van der Waals surface area contributed by atoms with E-state index in [1.807, 2.05) is 0 Å². The van der Waals surface area contributed by atoms with Crippen molar-refractivity contribution in [3.8, 4) is 0 Å². The molecule has 21 heavy (non-hydrogen) atoms. The molecule has 1 rings (SSSR count). The molecule has 0 aromatic heterocycles. The van der Waals surface area contributed by atoms with Crippen LogP contribution < -0.4 is 5.32 Å². The number of hydrogen-bond donors (Lipinski definition) is 1. The molecule has 1 fully saturated rings. The quantitative estimate of drug-likeness (QED) is 0.717. The Kier molecular flexibility index (Phi) is 11.3. The summed E-state index contributed by atoms with van der Waals surface area (Å²) in [4.78, 5) is 0. The molecular formula is C19H39NO. The molecule has 0 aromatic carbocycles. The van der Waals surface area contributed by atoms with Crippen LogP contribution in [0.5, 0.6) is 0 Å². The zero-order valence-corrected chi connectivity index (χ0v) is 14.8. The van der Waals surface area contributed by atoms with Gasteiger partial charge in [0, 0.05) is 12.6 Å². The minimum atomic E-state index is 0.425. The lowest BCUT2D eigenvalue weighted by atomic mass is 9.95. The highest BCUT2D eigenvalue weighted by molar-refractivity contribution is 4.77. The third-order valence-corrected chi connectivity index (χ3v) is 4.95. The van der Waals surface area contributed by atoms with Crippen molar-refractivity contribution < 1.29 is 4.74 Å². The van der Waals surface area contributed by atoms with Gasteiger partial charge >= 0.3 is 0 Å². The minimum absolute atomic E-state index is 0.425. The standard InChI is InChI=1S/C19H39NO/c1-4-13-17(2)16-21-19-15-12-10-8-6-5-7-9-11-14-18(19)20-3/h17-20H,4-16H2,1-3H3. The minimum Gasteiger partial charge on any atom is -0.376 e. The molecule has 0 radical (unpaired) electrons. The highest BCUT2D eigenvalue weighted by Crippen LogP contribution is 2.20. The average Bonchev–Trinajstić information content (AvgIpc) is 2.47. The van der Waals surface area contributed by atoms with Crippen LogP contribution in [0.15, 0.2) is 0 Å². The maximum absolute atomic E-state index is 6.34. The van der Waals surface area contributed by atoms with Crippen LogP contribution in [-0.4, -0.2) is 25.8 Å². The lowest BCUT2D eigenvalue weighted by molar-refractivity contribution is 0.000130. The Morgan fingerprint density at radius 2 is 1.52 bits per heavy atom. The maximum atomic E-state index is 6.34. The van der Waals surface area contributed by atoms with Gasteiger partial charge in [0.05, 0.1) is 6.10 Å². The van der Waals surface area contributed by atoms with Crippen molar-refractivity contribution in [3.63, 3.8) is 0 Å². The number of rotatable bonds is 6. The van der Waals surface area contributed by atoms with E-state index in [1.54, 1.807) is 0 Å². The first-order valence-corrected chi connectivity index (χ1v) is 9.56. The van der Waals surface area contributed by atoms with E-state index in [4.69, 9.17) is 4.74 Å². The fraction of sp³-hybridized carbons (Fsp3) is 1.00. The van der Waals surface area contributed by atoms with E-state index >= 15 is 0 Å². The van der Waals surface area contributed by atoms with E-state index in [0.717, 1.165) is 6.61 Å². The zero-order valence-electron chi connectivity index (χ0n) is 14.8. The van der Waals surface area contributed by atoms with Crippen molar-refractivity contribution >= 4 is 0 Å². The molecule has 0 heterocycles. The molecule has 0 aromatic rings. The summed E-state index contributed by atoms with van der Waals surface area (Å²) >= 11 is 0. The molecule has 3 unspecified atom stereocenters. The SMILES string of the molecule is CCCC(C)COC1CCCCCCCCCCC1NC. The smallest absolute Gasteiger partial charge is 0.0728 e. The predicted molar refractivity (Wildman–Crippen MR) is 92.8 cm³/mol. The number of ether oxygens (including phenoxy) is 1. The molecule has 1 aliphatic carbocycles. The molecule has 1 N–H and O–H groups in total. The molecule has 0 spiro atoms. The van der Waals surface area contributed by atoms with E-state index in [-0.39, 0.29) is 0 Å². The van der Waals surface area contributed by atoms with Gasteiger partial charge in [-0.15, -0.1) is 0 Å². The fourth-order valence-corrected chi connectivity index (χ4v) is 3.55. The molecule has 2 nitrogen and oxygen atoms in total. The molecule has 3 atom stereocenters. The van der Waals surface area contributed by atoms with Crippen molar-refractivity contribution in [2.45, 2.75) is 103 Å². The van der Waals surface area contributed by atoms with Crippen molar-refractivity contribution in [2.75, 3.05) is 13.7 Å². The van der Waals surface area contributed by atoms with Crippen LogP contribution >= 0.6 is 0 Å². The zero-order chi connectivity index (χ0) is 15.3. The second-order valence-electron chi connectivity index (χ2n) is 7.07. The molecule has 2 heteroatoms. The summed E-state index contributed by atoms with van der Waals surface area (Å²) in [5.74, 6) is 0.703. The third kappa shape index (κ3) is 8.83. The first-order chi connectivity index (χ1) is 10.3. The monoisotopic (exact) mass is 297 g/mol. The van der Waals surface area contributed by atoms with Crippen molar-refractivity contribution in [1.82, 2.24) is 5.32 Å². The molecular weight excluding hydrogens is 258 g/mol. The van der Waals surface area contributed by atoms with E-state index in [1.165, 1.54) is 77.0 Å². The van der Waals surface area contributed by atoms with Crippen LogP contribution in [0.25, 0.3) is 0 Å². The molecule has 1 saturated carbocycles. The molecule has 0 saturated heterocycles. The third-order valence-electron chi connectivity index (χ3n) is 4.95. The average molecular weight is 298 g/mol. The summed E-state index contributed by atoms with van der Waals surface area (Å²) in [5.41, 5.74) is 0. The summed E-state index contributed by atoms with van der Waals surface area (Å²) in [5, 5.41) is 3.54. The Morgan fingerprint density at radius 3 is 2.10 bits per heavy atom.